The van der Waals surface area contributed by atoms with Gasteiger partial charge in [0.15, 0.2) is 5.96 Å². The van der Waals surface area contributed by atoms with E-state index in [1.54, 1.807) is 0 Å². The lowest BCUT2D eigenvalue weighted by atomic mass is 9.87. The van der Waals surface area contributed by atoms with Crippen LogP contribution in [0.15, 0.2) is 29.3 Å². The highest BCUT2D eigenvalue weighted by Crippen LogP contribution is 2.36. The van der Waals surface area contributed by atoms with Gasteiger partial charge in [0.05, 0.1) is 0 Å². The van der Waals surface area contributed by atoms with Crippen molar-refractivity contribution in [3.63, 3.8) is 0 Å². The Kier molecular flexibility index (Phi) is 6.79. The molecular weight excluding hydrogens is 361 g/mol. The number of benzene rings is 1. The van der Waals surface area contributed by atoms with Gasteiger partial charge >= 0.3 is 0 Å². The number of nitrogens with zero attached hydrogens (tertiary/aromatic N) is 1. The lowest BCUT2D eigenvalue weighted by molar-refractivity contribution is 0.359. The minimum atomic E-state index is 0. The summed E-state index contributed by atoms with van der Waals surface area (Å²) < 4.78 is 0. The molecule has 20 heavy (non-hydrogen) atoms. The van der Waals surface area contributed by atoms with Gasteiger partial charge in [0.1, 0.15) is 0 Å². The summed E-state index contributed by atoms with van der Waals surface area (Å²) in [7, 11) is 0. The molecule has 0 heterocycles. The zero-order chi connectivity index (χ0) is 13.7. The Hall–Kier alpha value is -0.780. The molecule has 2 N–H and O–H groups in total. The van der Waals surface area contributed by atoms with Gasteiger partial charge in [-0.15, -0.1) is 24.0 Å². The maximum Gasteiger partial charge on any atom is 0.191 e. The van der Waals surface area contributed by atoms with Crippen molar-refractivity contribution in [1.29, 1.82) is 0 Å². The third kappa shape index (κ3) is 4.36. The van der Waals surface area contributed by atoms with Crippen LogP contribution in [-0.4, -0.2) is 25.6 Å². The van der Waals surface area contributed by atoms with Crippen molar-refractivity contribution in [2.24, 2.45) is 10.4 Å². The Morgan fingerprint density at radius 3 is 2.05 bits per heavy atom. The summed E-state index contributed by atoms with van der Waals surface area (Å²) in [4.78, 5) is 4.73. The predicted molar refractivity (Wildman–Crippen MR) is 97.0 cm³/mol. The molecular formula is C16H26IN3. The van der Waals surface area contributed by atoms with E-state index in [-0.39, 0.29) is 29.4 Å². The fourth-order valence-corrected chi connectivity index (χ4v) is 2.78. The maximum absolute atomic E-state index is 4.73. The second-order valence-electron chi connectivity index (χ2n) is 5.66. The van der Waals surface area contributed by atoms with Crippen LogP contribution in [0.3, 0.4) is 0 Å². The SMILES string of the molecule is CCNC(=NCC1(C)Cc2ccccc2C1)NCC.I. The van der Waals surface area contributed by atoms with Crippen LogP contribution in [0.2, 0.25) is 0 Å². The Balaban J connectivity index is 0.00000200. The van der Waals surface area contributed by atoms with Gasteiger partial charge < -0.3 is 10.6 Å². The number of halogens is 1. The van der Waals surface area contributed by atoms with E-state index in [2.05, 4.69) is 55.7 Å². The summed E-state index contributed by atoms with van der Waals surface area (Å²) in [6.07, 6.45) is 2.27. The topological polar surface area (TPSA) is 36.4 Å². The fraction of sp³-hybridized carbons (Fsp3) is 0.562. The van der Waals surface area contributed by atoms with E-state index in [4.69, 9.17) is 4.99 Å². The molecule has 1 aliphatic rings. The average Bonchev–Trinajstić information content (AvgIpc) is 2.73. The van der Waals surface area contributed by atoms with Crippen LogP contribution in [0.25, 0.3) is 0 Å². The third-order valence-electron chi connectivity index (χ3n) is 3.66. The summed E-state index contributed by atoms with van der Waals surface area (Å²) in [5, 5.41) is 6.57. The molecule has 0 unspecified atom stereocenters. The average molecular weight is 387 g/mol. The lowest BCUT2D eigenvalue weighted by Gasteiger charge is -2.22. The number of rotatable bonds is 4. The Morgan fingerprint density at radius 1 is 1.10 bits per heavy atom. The van der Waals surface area contributed by atoms with E-state index in [0.29, 0.717) is 0 Å². The molecule has 0 atom stereocenters. The van der Waals surface area contributed by atoms with Crippen LogP contribution in [0.1, 0.15) is 31.9 Å². The molecule has 0 saturated carbocycles. The van der Waals surface area contributed by atoms with Gasteiger partial charge in [0.25, 0.3) is 0 Å². The number of hydrogen-bond donors (Lipinski definition) is 2. The van der Waals surface area contributed by atoms with Crippen LogP contribution < -0.4 is 10.6 Å². The standard InChI is InChI=1S/C16H25N3.HI/c1-4-17-15(18-5-2)19-12-16(3)10-13-8-6-7-9-14(13)11-16;/h6-9H,4-5,10-12H2,1-3H3,(H2,17,18,19);1H. The zero-order valence-corrected chi connectivity index (χ0v) is 15.0. The molecule has 112 valence electrons. The minimum Gasteiger partial charge on any atom is -0.357 e. The van der Waals surface area contributed by atoms with Crippen LogP contribution in [0, 0.1) is 5.41 Å². The minimum absolute atomic E-state index is 0. The van der Waals surface area contributed by atoms with Crippen molar-refractivity contribution in [1.82, 2.24) is 10.6 Å². The van der Waals surface area contributed by atoms with Gasteiger partial charge in [-0.05, 0) is 43.2 Å². The van der Waals surface area contributed by atoms with Gasteiger partial charge in [0.2, 0.25) is 0 Å². The van der Waals surface area contributed by atoms with Gasteiger partial charge in [-0.2, -0.15) is 0 Å². The van der Waals surface area contributed by atoms with E-state index in [1.165, 1.54) is 11.1 Å². The highest BCUT2D eigenvalue weighted by Gasteiger charge is 2.32. The van der Waals surface area contributed by atoms with Crippen LogP contribution in [0.4, 0.5) is 0 Å². The van der Waals surface area contributed by atoms with E-state index in [1.807, 2.05) is 0 Å². The van der Waals surface area contributed by atoms with Crippen molar-refractivity contribution >= 4 is 29.9 Å². The van der Waals surface area contributed by atoms with E-state index >= 15 is 0 Å². The van der Waals surface area contributed by atoms with Crippen LogP contribution in [-0.2, 0) is 12.8 Å². The van der Waals surface area contributed by atoms with Gasteiger partial charge in [-0.3, -0.25) is 4.99 Å². The van der Waals surface area contributed by atoms with Crippen molar-refractivity contribution in [2.75, 3.05) is 19.6 Å². The van der Waals surface area contributed by atoms with Crippen LogP contribution >= 0.6 is 24.0 Å². The summed E-state index contributed by atoms with van der Waals surface area (Å²) in [5.41, 5.74) is 3.25. The first-order chi connectivity index (χ1) is 9.17. The van der Waals surface area contributed by atoms with Gasteiger partial charge in [-0.1, -0.05) is 31.2 Å². The molecule has 0 amide bonds. The molecule has 0 saturated heterocycles. The quantitative estimate of drug-likeness (QED) is 0.474. The Bertz CT molecular complexity index is 424. The molecule has 1 aromatic rings. The smallest absolute Gasteiger partial charge is 0.191 e. The zero-order valence-electron chi connectivity index (χ0n) is 12.7. The van der Waals surface area contributed by atoms with Crippen molar-refractivity contribution in [3.05, 3.63) is 35.4 Å². The first-order valence-corrected chi connectivity index (χ1v) is 7.26. The number of nitrogens with one attached hydrogen (secondary N) is 2. The summed E-state index contributed by atoms with van der Waals surface area (Å²) in [5.74, 6) is 0.933. The van der Waals surface area contributed by atoms with Gasteiger partial charge in [-0.25, -0.2) is 0 Å². The molecule has 1 aromatic carbocycles. The molecule has 2 rings (SSSR count). The Labute approximate surface area is 139 Å². The third-order valence-corrected chi connectivity index (χ3v) is 3.66. The van der Waals surface area contributed by atoms with Crippen LogP contribution in [0.5, 0.6) is 0 Å². The molecule has 4 heteroatoms. The second-order valence-corrected chi connectivity index (χ2v) is 5.66. The molecule has 3 nitrogen and oxygen atoms in total. The summed E-state index contributed by atoms with van der Waals surface area (Å²) >= 11 is 0. The summed E-state index contributed by atoms with van der Waals surface area (Å²) in [6, 6.07) is 8.77. The highest BCUT2D eigenvalue weighted by atomic mass is 127. The van der Waals surface area contributed by atoms with Crippen molar-refractivity contribution < 1.29 is 0 Å². The molecule has 0 spiro atoms. The fourth-order valence-electron chi connectivity index (χ4n) is 2.78. The maximum atomic E-state index is 4.73. The van der Waals surface area contributed by atoms with Gasteiger partial charge in [0, 0.05) is 19.6 Å². The number of aliphatic imine (C=N–C) groups is 1. The predicted octanol–water partition coefficient (Wildman–Crippen LogP) is 2.98. The first-order valence-electron chi connectivity index (χ1n) is 7.26. The van der Waals surface area contributed by atoms with E-state index in [0.717, 1.165) is 38.4 Å². The van der Waals surface area contributed by atoms with Crippen molar-refractivity contribution in [2.45, 2.75) is 33.6 Å². The largest absolute Gasteiger partial charge is 0.357 e. The lowest BCUT2D eigenvalue weighted by Crippen LogP contribution is -2.38. The number of fused-ring (bicyclic) bond motifs is 1. The Morgan fingerprint density at radius 2 is 1.60 bits per heavy atom. The number of guanidine groups is 1. The molecule has 0 fully saturated rings. The molecule has 0 aliphatic heterocycles. The van der Waals surface area contributed by atoms with E-state index < -0.39 is 0 Å². The molecule has 0 bridgehead atoms. The molecule has 0 aromatic heterocycles. The molecule has 0 radical (unpaired) electrons. The van der Waals surface area contributed by atoms with E-state index in [9.17, 15) is 0 Å². The summed E-state index contributed by atoms with van der Waals surface area (Å²) in [6.45, 7) is 9.22. The highest BCUT2D eigenvalue weighted by molar-refractivity contribution is 14.0. The normalized spacial score (nSPS) is 14.9. The number of hydrogen-bond acceptors (Lipinski definition) is 1. The first kappa shape index (κ1) is 17.3. The molecule has 1 aliphatic carbocycles. The monoisotopic (exact) mass is 387 g/mol. The van der Waals surface area contributed by atoms with Crippen molar-refractivity contribution in [3.8, 4) is 0 Å². The second kappa shape index (κ2) is 7.86.